The first-order valence-electron chi connectivity index (χ1n) is 4.43. The molecule has 0 bridgehead atoms. The van der Waals surface area contributed by atoms with Crippen molar-refractivity contribution in [3.63, 3.8) is 0 Å². The summed E-state index contributed by atoms with van der Waals surface area (Å²) in [5.41, 5.74) is 0. The van der Waals surface area contributed by atoms with Gasteiger partial charge < -0.3 is 5.32 Å². The van der Waals surface area contributed by atoms with Crippen LogP contribution < -0.4 is 5.32 Å². The molecule has 0 radical (unpaired) electrons. The average molecular weight is 208 g/mol. The second kappa shape index (κ2) is 4.93. The van der Waals surface area contributed by atoms with Gasteiger partial charge >= 0.3 is 0 Å². The van der Waals surface area contributed by atoms with E-state index in [-0.39, 0.29) is 5.25 Å². The summed E-state index contributed by atoms with van der Waals surface area (Å²) >= 11 is 0. The molecule has 1 unspecified atom stereocenters. The highest BCUT2D eigenvalue weighted by molar-refractivity contribution is 7.89. The summed E-state index contributed by atoms with van der Waals surface area (Å²) in [6.07, 6.45) is 0. The fourth-order valence-corrected chi connectivity index (χ4v) is 1.89. The molecule has 13 heavy (non-hydrogen) atoms. The largest absolute Gasteiger partial charge is 0.313 e. The molecule has 1 N–H and O–H groups in total. The summed E-state index contributed by atoms with van der Waals surface area (Å²) in [6, 6.07) is 0.319. The Hall–Kier alpha value is -0.130. The summed E-state index contributed by atoms with van der Waals surface area (Å²) in [7, 11) is 0.0118. The van der Waals surface area contributed by atoms with Gasteiger partial charge in [-0.1, -0.05) is 13.8 Å². The van der Waals surface area contributed by atoms with Crippen LogP contribution in [0.2, 0.25) is 0 Å². The standard InChI is InChI=1S/C8H20N2O2S/c1-7(2)9-6-8(3)13(11,12)10(4)5/h7-9H,6H2,1-5H3. The van der Waals surface area contributed by atoms with E-state index in [1.165, 1.54) is 4.31 Å². The summed E-state index contributed by atoms with van der Waals surface area (Å²) < 4.78 is 24.3. The van der Waals surface area contributed by atoms with Crippen LogP contribution in [0, 0.1) is 0 Å². The first-order chi connectivity index (χ1) is 5.78. The van der Waals surface area contributed by atoms with Gasteiger partial charge in [0.05, 0.1) is 5.25 Å². The maximum absolute atomic E-state index is 11.5. The molecular formula is C8H20N2O2S. The normalized spacial score (nSPS) is 15.3. The van der Waals surface area contributed by atoms with Gasteiger partial charge in [0.2, 0.25) is 10.0 Å². The number of sulfonamides is 1. The van der Waals surface area contributed by atoms with Crippen molar-refractivity contribution in [1.29, 1.82) is 0 Å². The van der Waals surface area contributed by atoms with Crippen molar-refractivity contribution in [2.75, 3.05) is 20.6 Å². The molecule has 0 aromatic heterocycles. The molecule has 4 nitrogen and oxygen atoms in total. The third-order valence-electron chi connectivity index (χ3n) is 1.83. The van der Waals surface area contributed by atoms with Crippen LogP contribution in [0.4, 0.5) is 0 Å². The third kappa shape index (κ3) is 4.06. The first kappa shape index (κ1) is 12.9. The number of nitrogens with zero attached hydrogens (tertiary/aromatic N) is 1. The lowest BCUT2D eigenvalue weighted by Gasteiger charge is -2.19. The maximum Gasteiger partial charge on any atom is 0.217 e. The van der Waals surface area contributed by atoms with Gasteiger partial charge in [0.15, 0.2) is 0 Å². The van der Waals surface area contributed by atoms with E-state index < -0.39 is 10.0 Å². The number of rotatable bonds is 5. The van der Waals surface area contributed by atoms with Crippen molar-refractivity contribution >= 4 is 10.0 Å². The van der Waals surface area contributed by atoms with E-state index in [0.717, 1.165) is 0 Å². The van der Waals surface area contributed by atoms with E-state index in [4.69, 9.17) is 0 Å². The van der Waals surface area contributed by atoms with E-state index >= 15 is 0 Å². The molecular weight excluding hydrogens is 188 g/mol. The monoisotopic (exact) mass is 208 g/mol. The molecule has 5 heteroatoms. The zero-order valence-electron chi connectivity index (χ0n) is 9.03. The Morgan fingerprint density at radius 1 is 1.23 bits per heavy atom. The minimum absolute atomic E-state index is 0.319. The van der Waals surface area contributed by atoms with E-state index in [2.05, 4.69) is 5.32 Å². The Balaban J connectivity index is 4.19. The first-order valence-corrected chi connectivity index (χ1v) is 5.93. The summed E-state index contributed by atoms with van der Waals surface area (Å²) in [5.74, 6) is 0. The molecule has 0 aromatic carbocycles. The van der Waals surface area contributed by atoms with Gasteiger partial charge in [-0.05, 0) is 6.92 Å². The number of hydrogen-bond donors (Lipinski definition) is 1. The molecule has 80 valence electrons. The molecule has 0 saturated carbocycles. The van der Waals surface area contributed by atoms with Crippen LogP contribution in [0.5, 0.6) is 0 Å². The molecule has 0 aliphatic heterocycles. The van der Waals surface area contributed by atoms with Crippen LogP contribution in [0.25, 0.3) is 0 Å². The van der Waals surface area contributed by atoms with Gasteiger partial charge in [0.1, 0.15) is 0 Å². The SMILES string of the molecule is CC(C)NCC(C)S(=O)(=O)N(C)C. The molecule has 0 aromatic rings. The van der Waals surface area contributed by atoms with E-state index in [1.807, 2.05) is 13.8 Å². The topological polar surface area (TPSA) is 49.4 Å². The Morgan fingerprint density at radius 2 is 1.69 bits per heavy atom. The second-order valence-electron chi connectivity index (χ2n) is 3.70. The molecule has 0 heterocycles. The lowest BCUT2D eigenvalue weighted by molar-refractivity contribution is 0.495. The molecule has 0 spiro atoms. The number of nitrogens with one attached hydrogen (secondary N) is 1. The summed E-state index contributed by atoms with van der Waals surface area (Å²) in [5, 5.41) is 2.73. The highest BCUT2D eigenvalue weighted by atomic mass is 32.2. The van der Waals surface area contributed by atoms with Gasteiger partial charge in [0, 0.05) is 26.7 Å². The Kier molecular flexibility index (Phi) is 4.88. The van der Waals surface area contributed by atoms with Gasteiger partial charge in [-0.15, -0.1) is 0 Å². The van der Waals surface area contributed by atoms with Gasteiger partial charge in [0.25, 0.3) is 0 Å². The predicted octanol–water partition coefficient (Wildman–Crippen LogP) is 0.264. The molecule has 0 fully saturated rings. The Labute approximate surface area is 81.4 Å². The van der Waals surface area contributed by atoms with Crippen LogP contribution >= 0.6 is 0 Å². The van der Waals surface area contributed by atoms with Crippen LogP contribution in [0.3, 0.4) is 0 Å². The van der Waals surface area contributed by atoms with Crippen molar-refractivity contribution < 1.29 is 8.42 Å². The molecule has 0 aliphatic carbocycles. The van der Waals surface area contributed by atoms with Crippen LogP contribution in [-0.2, 0) is 10.0 Å². The van der Waals surface area contributed by atoms with E-state index in [9.17, 15) is 8.42 Å². The summed E-state index contributed by atoms with van der Waals surface area (Å²) in [6.45, 7) is 6.20. The fourth-order valence-electron chi connectivity index (χ4n) is 0.867. The van der Waals surface area contributed by atoms with E-state index in [0.29, 0.717) is 12.6 Å². The van der Waals surface area contributed by atoms with Crippen LogP contribution in [0.1, 0.15) is 20.8 Å². The van der Waals surface area contributed by atoms with Crippen LogP contribution in [-0.4, -0.2) is 44.7 Å². The molecule has 0 amide bonds. The zero-order valence-corrected chi connectivity index (χ0v) is 9.85. The van der Waals surface area contributed by atoms with Crippen molar-refractivity contribution in [2.45, 2.75) is 32.1 Å². The third-order valence-corrected chi connectivity index (χ3v) is 4.03. The van der Waals surface area contributed by atoms with Gasteiger partial charge in [-0.25, -0.2) is 12.7 Å². The minimum Gasteiger partial charge on any atom is -0.313 e. The maximum atomic E-state index is 11.5. The molecule has 0 rings (SSSR count). The minimum atomic E-state index is -3.10. The van der Waals surface area contributed by atoms with Crippen LogP contribution in [0.15, 0.2) is 0 Å². The second-order valence-corrected chi connectivity index (χ2v) is 6.27. The smallest absolute Gasteiger partial charge is 0.217 e. The molecule has 0 saturated heterocycles. The summed E-state index contributed by atoms with van der Waals surface area (Å²) in [4.78, 5) is 0. The Bertz CT molecular complexity index is 235. The quantitative estimate of drug-likeness (QED) is 0.705. The average Bonchev–Trinajstić information content (AvgIpc) is 1.99. The van der Waals surface area contributed by atoms with Crippen molar-refractivity contribution in [3.05, 3.63) is 0 Å². The lowest BCUT2D eigenvalue weighted by Crippen LogP contribution is -2.40. The highest BCUT2D eigenvalue weighted by Crippen LogP contribution is 2.03. The fraction of sp³-hybridized carbons (Fsp3) is 1.00. The van der Waals surface area contributed by atoms with Gasteiger partial charge in [-0.2, -0.15) is 0 Å². The van der Waals surface area contributed by atoms with Crippen molar-refractivity contribution in [2.24, 2.45) is 0 Å². The Morgan fingerprint density at radius 3 is 2.00 bits per heavy atom. The van der Waals surface area contributed by atoms with Crippen molar-refractivity contribution in [3.8, 4) is 0 Å². The zero-order chi connectivity index (χ0) is 10.6. The van der Waals surface area contributed by atoms with Crippen molar-refractivity contribution in [1.82, 2.24) is 9.62 Å². The highest BCUT2D eigenvalue weighted by Gasteiger charge is 2.22. The van der Waals surface area contributed by atoms with Gasteiger partial charge in [-0.3, -0.25) is 0 Å². The molecule has 1 atom stereocenters. The number of hydrogen-bond acceptors (Lipinski definition) is 3. The molecule has 0 aliphatic rings. The predicted molar refractivity (Wildman–Crippen MR) is 55.2 cm³/mol. The van der Waals surface area contributed by atoms with E-state index in [1.54, 1.807) is 21.0 Å². The lowest BCUT2D eigenvalue weighted by atomic mass is 10.3.